The van der Waals surface area contributed by atoms with E-state index in [2.05, 4.69) is 33.4 Å². The predicted molar refractivity (Wildman–Crippen MR) is 129 cm³/mol. The number of rotatable bonds is 7. The first-order chi connectivity index (χ1) is 15.9. The molecule has 0 amide bonds. The molecule has 4 N–H and O–H groups in total. The van der Waals surface area contributed by atoms with Gasteiger partial charge in [-0.3, -0.25) is 10.4 Å². The Hall–Kier alpha value is -2.21. The molecule has 0 saturated carbocycles. The van der Waals surface area contributed by atoms with Gasteiger partial charge in [0.1, 0.15) is 17.4 Å². The largest absolute Gasteiger partial charge is 0.496 e. The van der Waals surface area contributed by atoms with Gasteiger partial charge >= 0.3 is 0 Å². The van der Waals surface area contributed by atoms with E-state index in [1.165, 1.54) is 0 Å². The highest BCUT2D eigenvalue weighted by Gasteiger charge is 2.46. The van der Waals surface area contributed by atoms with Crippen LogP contribution in [0.15, 0.2) is 18.3 Å². The molecule has 0 radical (unpaired) electrons. The number of hydrogen-bond acceptors (Lipinski definition) is 9. The zero-order valence-electron chi connectivity index (χ0n) is 19.3. The molecule has 3 unspecified atom stereocenters. The topological polar surface area (TPSA) is 121 Å². The minimum Gasteiger partial charge on any atom is -0.496 e. The van der Waals surface area contributed by atoms with E-state index < -0.39 is 10.0 Å². The smallest absolute Gasteiger partial charge is 0.214 e. The van der Waals surface area contributed by atoms with Crippen molar-refractivity contribution in [2.45, 2.75) is 76.3 Å². The van der Waals surface area contributed by atoms with Crippen LogP contribution < -0.4 is 26.2 Å². The van der Waals surface area contributed by atoms with E-state index in [0.717, 1.165) is 54.6 Å². The minimum atomic E-state index is -3.19. The summed E-state index contributed by atoms with van der Waals surface area (Å²) in [6.07, 6.45) is 6.11. The van der Waals surface area contributed by atoms with Gasteiger partial charge in [0.15, 0.2) is 0 Å². The summed E-state index contributed by atoms with van der Waals surface area (Å²) in [4.78, 5) is 9.47. The Labute approximate surface area is 194 Å². The fourth-order valence-electron chi connectivity index (χ4n) is 5.53. The number of pyridine rings is 2. The molecule has 2 aromatic heterocycles. The van der Waals surface area contributed by atoms with Gasteiger partial charge in [-0.25, -0.2) is 18.8 Å². The highest BCUT2D eigenvalue weighted by atomic mass is 32.2. The normalized spacial score (nSPS) is 30.0. The molecular weight excluding hydrogens is 442 g/mol. The minimum absolute atomic E-state index is 0.0500. The number of hydrazine groups is 1. The number of ether oxygens (including phenoxy) is 1. The fourth-order valence-corrected chi connectivity index (χ4v) is 7.12. The number of nitrogens with one attached hydrogen (secondary N) is 4. The van der Waals surface area contributed by atoms with Crippen LogP contribution in [0.5, 0.6) is 5.75 Å². The van der Waals surface area contributed by atoms with Crippen molar-refractivity contribution in [1.82, 2.24) is 25.1 Å². The summed E-state index contributed by atoms with van der Waals surface area (Å²) in [5, 5.41) is 7.92. The molecule has 0 aliphatic carbocycles. The molecule has 0 spiro atoms. The number of sulfonamides is 1. The van der Waals surface area contributed by atoms with Gasteiger partial charge in [0.2, 0.25) is 10.0 Å². The molecule has 5 atom stereocenters. The Kier molecular flexibility index (Phi) is 6.06. The number of hydrogen-bond donors (Lipinski definition) is 4. The second kappa shape index (κ2) is 8.86. The Morgan fingerprint density at radius 3 is 2.58 bits per heavy atom. The number of aromatic nitrogens is 2. The SMILES string of the molecule is CCS(=O)(=O)N1[C@@H]2CC[C@H]1CC(Nc1nc(NC3CC(C)NN3)cc3nccc(OC)c13)C2. The van der Waals surface area contributed by atoms with Gasteiger partial charge in [-0.15, -0.1) is 0 Å². The highest BCUT2D eigenvalue weighted by molar-refractivity contribution is 7.89. The predicted octanol–water partition coefficient (Wildman–Crippen LogP) is 2.02. The highest BCUT2D eigenvalue weighted by Crippen LogP contribution is 2.40. The molecular formula is C22H33N7O3S. The summed E-state index contributed by atoms with van der Waals surface area (Å²) in [5.74, 6) is 2.32. The van der Waals surface area contributed by atoms with Crippen LogP contribution in [-0.2, 0) is 10.0 Å². The maximum atomic E-state index is 12.6. The first-order valence-corrected chi connectivity index (χ1v) is 13.4. The molecule has 3 fully saturated rings. The van der Waals surface area contributed by atoms with Gasteiger partial charge in [-0.05, 0) is 52.0 Å². The quantitative estimate of drug-likeness (QED) is 0.477. The van der Waals surface area contributed by atoms with E-state index in [1.807, 2.05) is 12.1 Å². The van der Waals surface area contributed by atoms with Crippen molar-refractivity contribution in [1.29, 1.82) is 0 Å². The Balaban J connectivity index is 1.43. The molecule has 0 aromatic carbocycles. The molecule has 3 aliphatic rings. The zero-order valence-corrected chi connectivity index (χ0v) is 20.2. The van der Waals surface area contributed by atoms with E-state index in [9.17, 15) is 8.42 Å². The van der Waals surface area contributed by atoms with E-state index in [0.29, 0.717) is 11.8 Å². The second-order valence-electron chi connectivity index (χ2n) is 9.31. The zero-order chi connectivity index (χ0) is 23.2. The van der Waals surface area contributed by atoms with Crippen molar-refractivity contribution >= 4 is 32.6 Å². The lowest BCUT2D eigenvalue weighted by Crippen LogP contribution is -2.50. The summed E-state index contributed by atoms with van der Waals surface area (Å²) < 4.78 is 32.6. The molecule has 5 rings (SSSR count). The van der Waals surface area contributed by atoms with Crippen LogP contribution in [0.25, 0.3) is 10.9 Å². The Morgan fingerprint density at radius 1 is 1.18 bits per heavy atom. The Morgan fingerprint density at radius 2 is 1.94 bits per heavy atom. The van der Waals surface area contributed by atoms with Gasteiger partial charge < -0.3 is 15.4 Å². The molecule has 5 heterocycles. The third kappa shape index (κ3) is 4.34. The standard InChI is InChI=1S/C22H33N7O3S/c1-4-33(30,31)29-15-5-6-16(29)11-14(10-15)24-22-21-17(23-8-7-18(21)32-3)12-19(26-22)25-20-9-13(2)27-28-20/h7-8,12-16,20,27-28H,4-6,9-11H2,1-3H3,(H2,24,25,26)/t13?,14?,15-,16+,20?. The van der Waals surface area contributed by atoms with Crippen molar-refractivity contribution in [3.63, 3.8) is 0 Å². The van der Waals surface area contributed by atoms with E-state index >= 15 is 0 Å². The van der Waals surface area contributed by atoms with E-state index in [1.54, 1.807) is 24.5 Å². The van der Waals surface area contributed by atoms with Crippen molar-refractivity contribution in [3.05, 3.63) is 18.3 Å². The van der Waals surface area contributed by atoms with Crippen LogP contribution >= 0.6 is 0 Å². The van der Waals surface area contributed by atoms with Crippen LogP contribution in [0.1, 0.15) is 46.0 Å². The summed E-state index contributed by atoms with van der Waals surface area (Å²) in [5.41, 5.74) is 7.25. The number of methoxy groups -OCH3 is 1. The lowest BCUT2D eigenvalue weighted by atomic mass is 9.99. The van der Waals surface area contributed by atoms with E-state index in [-0.39, 0.29) is 30.0 Å². The summed E-state index contributed by atoms with van der Waals surface area (Å²) in [7, 11) is -1.54. The van der Waals surface area contributed by atoms with Gasteiger partial charge in [0, 0.05) is 36.4 Å². The maximum absolute atomic E-state index is 12.6. The lowest BCUT2D eigenvalue weighted by Gasteiger charge is -2.38. The average molecular weight is 476 g/mol. The molecule has 2 aromatic rings. The number of fused-ring (bicyclic) bond motifs is 3. The molecule has 11 heteroatoms. The van der Waals surface area contributed by atoms with Gasteiger partial charge in [0.05, 0.1) is 29.9 Å². The summed E-state index contributed by atoms with van der Waals surface area (Å²) in [6, 6.07) is 4.38. The maximum Gasteiger partial charge on any atom is 0.214 e. The molecule has 3 saturated heterocycles. The number of piperidine rings is 1. The number of anilines is 2. The molecule has 2 bridgehead atoms. The summed E-state index contributed by atoms with van der Waals surface area (Å²) in [6.45, 7) is 3.85. The molecule has 180 valence electrons. The van der Waals surface area contributed by atoms with Crippen molar-refractivity contribution in [2.75, 3.05) is 23.5 Å². The number of nitrogens with zero attached hydrogens (tertiary/aromatic N) is 3. The van der Waals surface area contributed by atoms with Gasteiger partial charge in [0.25, 0.3) is 0 Å². The third-order valence-corrected chi connectivity index (χ3v) is 8.98. The molecule has 33 heavy (non-hydrogen) atoms. The van der Waals surface area contributed by atoms with Crippen molar-refractivity contribution < 1.29 is 13.2 Å². The van der Waals surface area contributed by atoms with Crippen LogP contribution in [-0.4, -0.2) is 65.9 Å². The summed E-state index contributed by atoms with van der Waals surface area (Å²) >= 11 is 0. The monoisotopic (exact) mass is 475 g/mol. The van der Waals surface area contributed by atoms with E-state index in [4.69, 9.17) is 9.72 Å². The second-order valence-corrected chi connectivity index (χ2v) is 11.5. The van der Waals surface area contributed by atoms with Gasteiger partial charge in [-0.2, -0.15) is 4.31 Å². The first kappa shape index (κ1) is 22.6. The van der Waals surface area contributed by atoms with Crippen molar-refractivity contribution in [3.8, 4) is 5.75 Å². The lowest BCUT2D eigenvalue weighted by molar-refractivity contribution is 0.235. The fraction of sp³-hybridized carbons (Fsp3) is 0.636. The average Bonchev–Trinajstić information content (AvgIpc) is 3.33. The first-order valence-electron chi connectivity index (χ1n) is 11.8. The molecule has 10 nitrogen and oxygen atoms in total. The van der Waals surface area contributed by atoms with Crippen molar-refractivity contribution in [2.24, 2.45) is 0 Å². The third-order valence-electron chi connectivity index (χ3n) is 7.01. The molecule has 3 aliphatic heterocycles. The van der Waals surface area contributed by atoms with Crippen LogP contribution in [0.4, 0.5) is 11.6 Å². The van der Waals surface area contributed by atoms with Crippen LogP contribution in [0.2, 0.25) is 0 Å². The van der Waals surface area contributed by atoms with Crippen LogP contribution in [0, 0.1) is 0 Å². The van der Waals surface area contributed by atoms with Gasteiger partial charge in [-0.1, -0.05) is 0 Å². The Bertz CT molecular complexity index is 1110. The van der Waals surface area contributed by atoms with Crippen LogP contribution in [0.3, 0.4) is 0 Å².